The second-order valence-electron chi connectivity index (χ2n) is 3.65. The number of hydrogen-bond acceptors (Lipinski definition) is 3. The molecule has 0 radical (unpaired) electrons. The number of hydrogen-bond donors (Lipinski definition) is 2. The fourth-order valence-electron chi connectivity index (χ4n) is 1.55. The Bertz CT molecular complexity index is 313. The molecular formula is C10H13BrN2O. The molecule has 1 saturated carbocycles. The normalized spacial score (nSPS) is 25.9. The van der Waals surface area contributed by atoms with Crippen LogP contribution in [0.2, 0.25) is 0 Å². The van der Waals surface area contributed by atoms with Gasteiger partial charge in [-0.1, -0.05) is 6.07 Å². The summed E-state index contributed by atoms with van der Waals surface area (Å²) in [6, 6.07) is 6.35. The van der Waals surface area contributed by atoms with Crippen molar-refractivity contribution in [3.05, 3.63) is 28.5 Å². The maximum Gasteiger partial charge on any atom is 0.106 e. The van der Waals surface area contributed by atoms with Crippen molar-refractivity contribution in [3.63, 3.8) is 0 Å². The third-order valence-electron chi connectivity index (χ3n) is 2.46. The molecule has 2 N–H and O–H groups in total. The second kappa shape index (κ2) is 4.38. The van der Waals surface area contributed by atoms with Crippen LogP contribution in [0.5, 0.6) is 0 Å². The van der Waals surface area contributed by atoms with E-state index in [0.29, 0.717) is 6.04 Å². The van der Waals surface area contributed by atoms with E-state index in [1.807, 2.05) is 18.2 Å². The highest BCUT2D eigenvalue weighted by Gasteiger charge is 2.26. The van der Waals surface area contributed by atoms with Crippen LogP contribution in [-0.4, -0.2) is 22.2 Å². The molecule has 1 heterocycles. The van der Waals surface area contributed by atoms with E-state index < -0.39 is 0 Å². The Labute approximate surface area is 91.7 Å². The van der Waals surface area contributed by atoms with Crippen LogP contribution >= 0.6 is 15.9 Å². The van der Waals surface area contributed by atoms with E-state index in [0.717, 1.165) is 29.7 Å². The maximum absolute atomic E-state index is 9.10. The third-order valence-corrected chi connectivity index (χ3v) is 2.90. The van der Waals surface area contributed by atoms with Crippen molar-refractivity contribution in [3.8, 4) is 0 Å². The van der Waals surface area contributed by atoms with Crippen molar-refractivity contribution in [1.29, 1.82) is 0 Å². The topological polar surface area (TPSA) is 45.1 Å². The van der Waals surface area contributed by atoms with Gasteiger partial charge < -0.3 is 10.4 Å². The van der Waals surface area contributed by atoms with Crippen LogP contribution in [0.15, 0.2) is 22.8 Å². The van der Waals surface area contributed by atoms with E-state index in [1.54, 1.807) is 0 Å². The Kier molecular flexibility index (Phi) is 3.15. The van der Waals surface area contributed by atoms with Crippen LogP contribution in [0.1, 0.15) is 18.5 Å². The molecule has 1 aromatic heterocycles. The number of pyridine rings is 1. The molecule has 0 unspecified atom stereocenters. The van der Waals surface area contributed by atoms with E-state index >= 15 is 0 Å². The first-order valence-electron chi connectivity index (χ1n) is 4.77. The number of aliphatic hydroxyl groups is 1. The Morgan fingerprint density at radius 3 is 2.93 bits per heavy atom. The van der Waals surface area contributed by atoms with Crippen molar-refractivity contribution >= 4 is 15.9 Å². The summed E-state index contributed by atoms with van der Waals surface area (Å²) in [7, 11) is 0. The van der Waals surface area contributed by atoms with Gasteiger partial charge in [-0.3, -0.25) is 0 Å². The van der Waals surface area contributed by atoms with Crippen molar-refractivity contribution < 1.29 is 5.11 Å². The first-order chi connectivity index (χ1) is 6.74. The summed E-state index contributed by atoms with van der Waals surface area (Å²) in [5, 5.41) is 12.4. The Morgan fingerprint density at radius 2 is 2.29 bits per heavy atom. The summed E-state index contributed by atoms with van der Waals surface area (Å²) in [6.45, 7) is 0.775. The number of nitrogens with one attached hydrogen (secondary N) is 1. The first-order valence-corrected chi connectivity index (χ1v) is 5.56. The molecule has 14 heavy (non-hydrogen) atoms. The molecule has 0 atom stereocenters. The lowest BCUT2D eigenvalue weighted by Crippen LogP contribution is -2.43. The molecule has 0 saturated heterocycles. The monoisotopic (exact) mass is 256 g/mol. The molecule has 2 rings (SSSR count). The minimum atomic E-state index is -0.0945. The fraction of sp³-hybridized carbons (Fsp3) is 0.500. The molecular weight excluding hydrogens is 244 g/mol. The number of aliphatic hydroxyl groups excluding tert-OH is 1. The number of rotatable bonds is 3. The molecule has 3 nitrogen and oxygen atoms in total. The minimum absolute atomic E-state index is 0.0945. The van der Waals surface area contributed by atoms with Crippen molar-refractivity contribution in [1.82, 2.24) is 10.3 Å². The number of halogens is 1. The van der Waals surface area contributed by atoms with E-state index in [1.165, 1.54) is 0 Å². The van der Waals surface area contributed by atoms with Gasteiger partial charge in [0.15, 0.2) is 0 Å². The van der Waals surface area contributed by atoms with Crippen LogP contribution in [0.25, 0.3) is 0 Å². The van der Waals surface area contributed by atoms with Gasteiger partial charge >= 0.3 is 0 Å². The summed E-state index contributed by atoms with van der Waals surface area (Å²) in [5.74, 6) is 0. The molecule has 1 aliphatic carbocycles. The lowest BCUT2D eigenvalue weighted by atomic mass is 9.89. The van der Waals surface area contributed by atoms with Gasteiger partial charge in [0.2, 0.25) is 0 Å². The van der Waals surface area contributed by atoms with Crippen LogP contribution in [0.3, 0.4) is 0 Å². The van der Waals surface area contributed by atoms with Crippen LogP contribution < -0.4 is 5.32 Å². The third kappa shape index (κ3) is 2.53. The molecule has 4 heteroatoms. The number of nitrogens with zero attached hydrogens (tertiary/aromatic N) is 1. The van der Waals surface area contributed by atoms with E-state index in [9.17, 15) is 0 Å². The predicted octanol–water partition coefficient (Wildman–Crippen LogP) is 1.46. The quantitative estimate of drug-likeness (QED) is 0.806. The van der Waals surface area contributed by atoms with Gasteiger partial charge in [0.25, 0.3) is 0 Å². The largest absolute Gasteiger partial charge is 0.393 e. The molecule has 0 amide bonds. The zero-order chi connectivity index (χ0) is 9.97. The summed E-state index contributed by atoms with van der Waals surface area (Å²) < 4.78 is 0.866. The van der Waals surface area contributed by atoms with Crippen molar-refractivity contribution in [2.75, 3.05) is 0 Å². The average molecular weight is 257 g/mol. The van der Waals surface area contributed by atoms with Gasteiger partial charge in [-0.2, -0.15) is 0 Å². The van der Waals surface area contributed by atoms with E-state index in [2.05, 4.69) is 26.2 Å². The predicted molar refractivity (Wildman–Crippen MR) is 57.8 cm³/mol. The molecule has 0 aromatic carbocycles. The average Bonchev–Trinajstić information content (AvgIpc) is 2.11. The molecule has 0 spiro atoms. The van der Waals surface area contributed by atoms with Crippen LogP contribution in [0, 0.1) is 0 Å². The van der Waals surface area contributed by atoms with Crippen LogP contribution in [-0.2, 0) is 6.54 Å². The minimum Gasteiger partial charge on any atom is -0.393 e. The summed E-state index contributed by atoms with van der Waals surface area (Å²) in [6.07, 6.45) is 1.64. The Hall–Kier alpha value is -0.450. The second-order valence-corrected chi connectivity index (χ2v) is 4.47. The van der Waals surface area contributed by atoms with Gasteiger partial charge in [0, 0.05) is 12.6 Å². The Balaban J connectivity index is 1.80. The fourth-order valence-corrected chi connectivity index (χ4v) is 1.93. The van der Waals surface area contributed by atoms with E-state index in [-0.39, 0.29) is 6.10 Å². The lowest BCUT2D eigenvalue weighted by molar-refractivity contribution is 0.0618. The first kappa shape index (κ1) is 10.1. The Morgan fingerprint density at radius 1 is 1.50 bits per heavy atom. The molecule has 0 aliphatic heterocycles. The molecule has 0 bridgehead atoms. The summed E-state index contributed by atoms with van der Waals surface area (Å²) in [5.41, 5.74) is 1.03. The van der Waals surface area contributed by atoms with Crippen molar-refractivity contribution in [2.45, 2.75) is 31.5 Å². The lowest BCUT2D eigenvalue weighted by Gasteiger charge is -2.32. The van der Waals surface area contributed by atoms with Gasteiger partial charge in [-0.25, -0.2) is 4.98 Å². The van der Waals surface area contributed by atoms with Gasteiger partial charge in [-0.15, -0.1) is 0 Å². The standard InChI is InChI=1S/C10H13BrN2O/c11-10-3-1-2-7(13-10)6-12-8-4-9(14)5-8/h1-3,8-9,12,14H,4-6H2. The van der Waals surface area contributed by atoms with Crippen molar-refractivity contribution in [2.24, 2.45) is 0 Å². The highest BCUT2D eigenvalue weighted by Crippen LogP contribution is 2.19. The summed E-state index contributed by atoms with van der Waals surface area (Å²) in [4.78, 5) is 4.31. The smallest absolute Gasteiger partial charge is 0.106 e. The van der Waals surface area contributed by atoms with Gasteiger partial charge in [-0.05, 0) is 40.9 Å². The molecule has 1 aliphatic rings. The number of aromatic nitrogens is 1. The van der Waals surface area contributed by atoms with Gasteiger partial charge in [0.1, 0.15) is 4.60 Å². The highest BCUT2D eigenvalue weighted by atomic mass is 79.9. The summed E-state index contributed by atoms with van der Waals surface area (Å²) >= 11 is 3.33. The molecule has 76 valence electrons. The zero-order valence-corrected chi connectivity index (χ0v) is 9.37. The molecule has 1 fully saturated rings. The SMILES string of the molecule is OC1CC(NCc2cccc(Br)n2)C1. The molecule has 1 aromatic rings. The maximum atomic E-state index is 9.10. The zero-order valence-electron chi connectivity index (χ0n) is 7.78. The van der Waals surface area contributed by atoms with Crippen LogP contribution in [0.4, 0.5) is 0 Å². The highest BCUT2D eigenvalue weighted by molar-refractivity contribution is 9.10. The van der Waals surface area contributed by atoms with E-state index in [4.69, 9.17) is 5.11 Å². The van der Waals surface area contributed by atoms with Gasteiger partial charge in [0.05, 0.1) is 11.8 Å².